The summed E-state index contributed by atoms with van der Waals surface area (Å²) in [6, 6.07) is 16.6. The number of hydrogen-bond acceptors (Lipinski definition) is 9. The van der Waals surface area contributed by atoms with Crippen molar-refractivity contribution in [1.82, 2.24) is 14.8 Å². The molecule has 298 valence electrons. The largest absolute Gasteiger partial charge is 0.490 e. The Morgan fingerprint density at radius 2 is 1.80 bits per heavy atom. The normalized spacial score (nSPS) is 19.1. The van der Waals surface area contributed by atoms with Crippen molar-refractivity contribution >= 4 is 23.4 Å². The van der Waals surface area contributed by atoms with Gasteiger partial charge >= 0.3 is 0 Å². The molecule has 6 rings (SSSR count). The number of ether oxygens (including phenoxy) is 1. The van der Waals surface area contributed by atoms with Gasteiger partial charge in [0.1, 0.15) is 24.1 Å². The van der Waals surface area contributed by atoms with E-state index in [2.05, 4.69) is 42.2 Å². The first-order chi connectivity index (χ1) is 26.5. The van der Waals surface area contributed by atoms with E-state index in [4.69, 9.17) is 16.3 Å². The van der Waals surface area contributed by atoms with E-state index in [1.807, 2.05) is 30.6 Å². The number of aromatic nitrogens is 1. The number of pyridine rings is 1. The molecule has 2 saturated carbocycles. The molecule has 3 aliphatic rings. The second kappa shape index (κ2) is 18.6. The maximum Gasteiger partial charge on any atom is 0.254 e. The van der Waals surface area contributed by atoms with E-state index in [1.54, 1.807) is 4.90 Å². The average molecular weight is 778 g/mol. The summed E-state index contributed by atoms with van der Waals surface area (Å²) in [5, 5.41) is 50.9. The Balaban J connectivity index is 1.08. The minimum absolute atomic E-state index is 0.0175. The van der Waals surface area contributed by atoms with Gasteiger partial charge in [-0.15, -0.1) is 0 Å². The molecule has 1 unspecified atom stereocenters. The maximum atomic E-state index is 13.4. The van der Waals surface area contributed by atoms with Crippen molar-refractivity contribution in [3.8, 4) is 16.9 Å². The predicted molar refractivity (Wildman–Crippen MR) is 210 cm³/mol. The molecule has 2 heterocycles. The Hall–Kier alpha value is -3.58. The van der Waals surface area contributed by atoms with Crippen LogP contribution in [-0.4, -0.2) is 115 Å². The first-order valence-corrected chi connectivity index (χ1v) is 20.3. The van der Waals surface area contributed by atoms with Crippen LogP contribution in [0.25, 0.3) is 11.1 Å². The monoisotopic (exact) mass is 777 g/mol. The highest BCUT2D eigenvalue weighted by Crippen LogP contribution is 2.55. The zero-order valence-corrected chi connectivity index (χ0v) is 32.5. The third-order valence-corrected chi connectivity index (χ3v) is 12.0. The van der Waals surface area contributed by atoms with Gasteiger partial charge in [0.15, 0.2) is 6.10 Å². The van der Waals surface area contributed by atoms with E-state index in [1.165, 1.54) is 16.0 Å². The quantitative estimate of drug-likeness (QED) is 0.103. The highest BCUT2D eigenvalue weighted by atomic mass is 35.5. The topological polar surface area (TPSA) is 164 Å². The molecular weight excluding hydrogens is 722 g/mol. The number of carbonyl (C=O) groups is 2. The molecular formula is C43H56ClN3O8. The van der Waals surface area contributed by atoms with E-state index in [0.29, 0.717) is 38.5 Å². The van der Waals surface area contributed by atoms with Crippen molar-refractivity contribution in [2.24, 2.45) is 0 Å². The van der Waals surface area contributed by atoms with Gasteiger partial charge in [-0.05, 0) is 116 Å². The predicted octanol–water partition coefficient (Wildman–Crippen LogP) is 4.77. The van der Waals surface area contributed by atoms with Crippen LogP contribution in [0, 0.1) is 0 Å². The molecule has 0 spiro atoms. The summed E-state index contributed by atoms with van der Waals surface area (Å²) in [6.45, 7) is 2.97. The summed E-state index contributed by atoms with van der Waals surface area (Å²) in [4.78, 5) is 33.3. The van der Waals surface area contributed by atoms with Gasteiger partial charge in [0.25, 0.3) is 5.91 Å². The van der Waals surface area contributed by atoms with Crippen LogP contribution in [0.2, 0.25) is 5.02 Å². The number of likely N-dealkylation sites (tertiary alicyclic amines) is 1. The number of hydrogen-bond donors (Lipinski definition) is 5. The molecule has 12 heteroatoms. The summed E-state index contributed by atoms with van der Waals surface area (Å²) in [5.41, 5.74) is 5.79. The van der Waals surface area contributed by atoms with Crippen LogP contribution in [-0.2, 0) is 21.4 Å². The molecule has 11 nitrogen and oxygen atoms in total. The van der Waals surface area contributed by atoms with E-state index in [9.17, 15) is 35.1 Å². The first-order valence-electron chi connectivity index (χ1n) is 19.9. The number of aliphatic hydroxyl groups excluding tert-OH is 5. The third-order valence-electron chi connectivity index (χ3n) is 11.7. The molecule has 1 aliphatic heterocycles. The zero-order chi connectivity index (χ0) is 39.1. The highest BCUT2D eigenvalue weighted by molar-refractivity contribution is 6.31. The van der Waals surface area contributed by atoms with Gasteiger partial charge in [0.2, 0.25) is 5.91 Å². The maximum absolute atomic E-state index is 13.4. The molecule has 2 aliphatic carbocycles. The Morgan fingerprint density at radius 1 is 1.04 bits per heavy atom. The van der Waals surface area contributed by atoms with Crippen molar-refractivity contribution in [3.63, 3.8) is 0 Å². The van der Waals surface area contributed by atoms with Gasteiger partial charge in [-0.1, -0.05) is 48.9 Å². The molecule has 1 aromatic heterocycles. The lowest BCUT2D eigenvalue weighted by Crippen LogP contribution is -2.53. The molecule has 3 aromatic rings. The zero-order valence-electron chi connectivity index (χ0n) is 31.7. The van der Waals surface area contributed by atoms with Crippen LogP contribution in [0.3, 0.4) is 0 Å². The number of benzene rings is 2. The Morgan fingerprint density at radius 3 is 2.51 bits per heavy atom. The lowest BCUT2D eigenvalue weighted by Gasteiger charge is -2.30. The van der Waals surface area contributed by atoms with Gasteiger partial charge in [-0.2, -0.15) is 0 Å². The second-order valence-electron chi connectivity index (χ2n) is 15.7. The molecule has 1 saturated heterocycles. The minimum Gasteiger partial charge on any atom is -0.490 e. The lowest BCUT2D eigenvalue weighted by molar-refractivity contribution is -0.158. The smallest absolute Gasteiger partial charge is 0.254 e. The van der Waals surface area contributed by atoms with Gasteiger partial charge in [-0.25, -0.2) is 0 Å². The van der Waals surface area contributed by atoms with Crippen molar-refractivity contribution in [1.29, 1.82) is 0 Å². The van der Waals surface area contributed by atoms with Crippen molar-refractivity contribution in [2.45, 2.75) is 119 Å². The molecule has 0 bridgehead atoms. The van der Waals surface area contributed by atoms with Crippen LogP contribution in [0.4, 0.5) is 0 Å². The number of halogens is 1. The molecule has 0 radical (unpaired) electrons. The number of aryl methyl sites for hydroxylation is 1. The number of carbonyl (C=O) groups excluding carboxylic acids is 2. The van der Waals surface area contributed by atoms with E-state index < -0.39 is 36.9 Å². The lowest BCUT2D eigenvalue weighted by atomic mass is 9.84. The third kappa shape index (κ3) is 10.2. The summed E-state index contributed by atoms with van der Waals surface area (Å²) >= 11 is 6.80. The van der Waals surface area contributed by atoms with Crippen molar-refractivity contribution < 1.29 is 39.9 Å². The van der Waals surface area contributed by atoms with E-state index >= 15 is 0 Å². The number of para-hydroxylation sites is 1. The van der Waals surface area contributed by atoms with Gasteiger partial charge in [0, 0.05) is 55.6 Å². The van der Waals surface area contributed by atoms with Crippen LogP contribution in [0.1, 0.15) is 93.7 Å². The second-order valence-corrected chi connectivity index (χ2v) is 16.2. The molecule has 2 amide bonds. The first kappa shape index (κ1) is 41.1. The average Bonchev–Trinajstić information content (AvgIpc) is 4.14. The standard InChI is InChI=1S/C43H56ClN3O8/c1-28(7-4-22-47(24-6-23-46-21-5-10-38(46)50)42(54)41(53)40(52)39(51)36(49)27-48)29-11-14-35(44)30(25-29)15-17-43(18-19-43)34-26-45-20-16-32(34)33-8-2-3-9-37(33)55-31-12-13-31/h2-3,8-9,11,14,16,20,25-26,28,31,36,39-41,48-49,51-53H,4-7,10,12-13,15,17-19,21-24,27H2,1H3/t28?,36-,39+,40-,41-/m0/s1. The number of amides is 2. The molecule has 55 heavy (non-hydrogen) atoms. The fourth-order valence-electron chi connectivity index (χ4n) is 7.82. The Kier molecular flexibility index (Phi) is 13.9. The van der Waals surface area contributed by atoms with Gasteiger partial charge in [0.05, 0.1) is 12.7 Å². The SMILES string of the molecule is CC(CCCN(CCCN1CCCC1=O)C(=O)[C@@H](O)[C@@H](O)[C@H](O)[C@@H](O)CO)c1ccc(Cl)c(CCC2(c3cnccc3-c3ccccc3OC3CC3)CC2)c1. The van der Waals surface area contributed by atoms with E-state index in [0.717, 1.165) is 78.8 Å². The fraction of sp³-hybridized carbons (Fsp3) is 0.558. The summed E-state index contributed by atoms with van der Waals surface area (Å²) in [5.74, 6) is 0.361. The molecule has 5 N–H and O–H groups in total. The highest BCUT2D eigenvalue weighted by Gasteiger charge is 2.45. The van der Waals surface area contributed by atoms with Crippen molar-refractivity contribution in [3.05, 3.63) is 82.6 Å². The molecule has 3 fully saturated rings. The van der Waals surface area contributed by atoms with Gasteiger partial charge < -0.3 is 40.1 Å². The number of aliphatic hydroxyl groups is 5. The van der Waals surface area contributed by atoms with Gasteiger partial charge in [-0.3, -0.25) is 14.6 Å². The number of rotatable bonds is 21. The Labute approximate surface area is 328 Å². The van der Waals surface area contributed by atoms with E-state index in [-0.39, 0.29) is 30.3 Å². The summed E-state index contributed by atoms with van der Waals surface area (Å²) < 4.78 is 6.30. The van der Waals surface area contributed by atoms with Crippen LogP contribution < -0.4 is 4.74 Å². The van der Waals surface area contributed by atoms with Crippen molar-refractivity contribution in [2.75, 3.05) is 32.8 Å². The molecule has 5 atom stereocenters. The minimum atomic E-state index is -2.00. The fourth-order valence-corrected chi connectivity index (χ4v) is 8.03. The summed E-state index contributed by atoms with van der Waals surface area (Å²) in [7, 11) is 0. The summed E-state index contributed by atoms with van der Waals surface area (Å²) in [6.07, 6.45) is 5.83. The van der Waals surface area contributed by atoms with Crippen LogP contribution in [0.15, 0.2) is 60.9 Å². The van der Waals surface area contributed by atoms with Crippen LogP contribution >= 0.6 is 11.6 Å². The molecule has 2 aromatic carbocycles. The number of nitrogens with zero attached hydrogens (tertiary/aromatic N) is 3. The Bertz CT molecular complexity index is 1770. The van der Waals surface area contributed by atoms with Crippen LogP contribution in [0.5, 0.6) is 5.75 Å².